The Morgan fingerprint density at radius 2 is 1.89 bits per heavy atom. The van der Waals surface area contributed by atoms with Crippen molar-refractivity contribution in [2.45, 2.75) is 52.6 Å². The molecule has 0 unspecified atom stereocenters. The molecule has 3 aromatic rings. The number of methoxy groups -OCH3 is 1. The molecule has 0 bridgehead atoms. The van der Waals surface area contributed by atoms with E-state index in [1.165, 1.54) is 18.3 Å². The molecule has 0 fully saturated rings. The van der Waals surface area contributed by atoms with Gasteiger partial charge in [-0.25, -0.2) is 13.8 Å². The lowest BCUT2D eigenvalue weighted by molar-refractivity contribution is 0.0787. The molecule has 0 radical (unpaired) electrons. The van der Waals surface area contributed by atoms with E-state index in [0.717, 1.165) is 11.1 Å². The number of nitrogens with zero attached hydrogens (tertiary/aromatic N) is 3. The topological polar surface area (TPSA) is 67.3 Å². The van der Waals surface area contributed by atoms with E-state index in [-0.39, 0.29) is 22.4 Å². The molecule has 1 N–H and O–H groups in total. The molecule has 2 aromatic heterocycles. The monoisotopic (exact) mass is 480 g/mol. The molecule has 8 heteroatoms. The number of rotatable bonds is 6. The van der Waals surface area contributed by atoms with Crippen LogP contribution in [-0.2, 0) is 12.0 Å². The van der Waals surface area contributed by atoms with Gasteiger partial charge >= 0.3 is 0 Å². The highest BCUT2D eigenvalue weighted by Crippen LogP contribution is 2.36. The number of aromatic nitrogens is 2. The van der Waals surface area contributed by atoms with E-state index in [4.69, 9.17) is 4.74 Å². The molecule has 6 nitrogen and oxygen atoms in total. The van der Waals surface area contributed by atoms with Gasteiger partial charge in [-0.2, -0.15) is 0 Å². The zero-order chi connectivity index (χ0) is 25.5. The molecule has 0 saturated carbocycles. The van der Waals surface area contributed by atoms with Gasteiger partial charge in [-0.15, -0.1) is 0 Å². The number of hydrogen-bond acceptors (Lipinski definition) is 5. The minimum absolute atomic E-state index is 0.0520. The van der Waals surface area contributed by atoms with Gasteiger partial charge in [-0.05, 0) is 43.5 Å². The van der Waals surface area contributed by atoms with Crippen molar-refractivity contribution < 1.29 is 18.3 Å². The predicted molar refractivity (Wildman–Crippen MR) is 132 cm³/mol. The Bertz CT molecular complexity index is 1290. The molecule has 0 spiro atoms. The van der Waals surface area contributed by atoms with Crippen molar-refractivity contribution in [3.63, 3.8) is 0 Å². The largest absolute Gasteiger partial charge is 0.495 e. The number of amides is 1. The lowest BCUT2D eigenvalue weighted by atomic mass is 9.86. The first-order chi connectivity index (χ1) is 16.5. The van der Waals surface area contributed by atoms with Gasteiger partial charge in [-0.1, -0.05) is 20.8 Å². The summed E-state index contributed by atoms with van der Waals surface area (Å²) in [5.74, 6) is -0.0977. The van der Waals surface area contributed by atoms with E-state index in [9.17, 15) is 4.79 Å². The summed E-state index contributed by atoms with van der Waals surface area (Å²) in [7, 11) is 1.56. The molecule has 0 aliphatic carbocycles. The van der Waals surface area contributed by atoms with Crippen molar-refractivity contribution in [1.29, 1.82) is 0 Å². The van der Waals surface area contributed by atoms with Crippen LogP contribution in [-0.4, -0.2) is 34.4 Å². The minimum atomic E-state index is -0.586. The summed E-state index contributed by atoms with van der Waals surface area (Å²) in [6.07, 6.45) is 3.08. The van der Waals surface area contributed by atoms with Gasteiger partial charge < -0.3 is 15.0 Å². The number of halogens is 2. The first-order valence-electron chi connectivity index (χ1n) is 11.6. The molecule has 3 heterocycles. The average Bonchev–Trinajstić information content (AvgIpc) is 3.16. The number of nitrogens with one attached hydrogen (secondary N) is 1. The Kier molecular flexibility index (Phi) is 6.49. The lowest BCUT2D eigenvalue weighted by Gasteiger charge is -2.23. The maximum atomic E-state index is 15.3. The van der Waals surface area contributed by atoms with Gasteiger partial charge in [0.15, 0.2) is 0 Å². The number of fused-ring (bicyclic) bond motifs is 1. The molecule has 184 valence electrons. The van der Waals surface area contributed by atoms with Crippen LogP contribution < -0.4 is 10.1 Å². The van der Waals surface area contributed by atoms with Crippen LogP contribution in [0, 0.1) is 11.6 Å². The second-order valence-electron chi connectivity index (χ2n) is 9.74. The fourth-order valence-electron chi connectivity index (χ4n) is 4.38. The van der Waals surface area contributed by atoms with Crippen LogP contribution in [0.15, 0.2) is 36.7 Å². The molecule has 1 aliphatic heterocycles. The molecule has 1 atom stereocenters. The fourth-order valence-corrected chi connectivity index (χ4v) is 4.38. The Balaban J connectivity index is 1.65. The zero-order valence-electron chi connectivity index (χ0n) is 20.9. The summed E-state index contributed by atoms with van der Waals surface area (Å²) < 4.78 is 35.9. The van der Waals surface area contributed by atoms with Crippen LogP contribution in [0.25, 0.3) is 11.3 Å². The van der Waals surface area contributed by atoms with Gasteiger partial charge in [0.1, 0.15) is 23.2 Å². The predicted octanol–water partition coefficient (Wildman–Crippen LogP) is 5.88. The highest BCUT2D eigenvalue weighted by Gasteiger charge is 2.30. The van der Waals surface area contributed by atoms with Crippen molar-refractivity contribution in [1.82, 2.24) is 14.9 Å². The number of ether oxygens (including phenoxy) is 1. The number of carbonyl (C=O) groups excluding carboxylic acids is 1. The lowest BCUT2D eigenvalue weighted by Crippen LogP contribution is -2.22. The smallest absolute Gasteiger partial charge is 0.254 e. The van der Waals surface area contributed by atoms with Crippen LogP contribution in [0.3, 0.4) is 0 Å². The number of pyridine rings is 2. The van der Waals surface area contributed by atoms with Gasteiger partial charge in [0, 0.05) is 40.6 Å². The van der Waals surface area contributed by atoms with Gasteiger partial charge in [0.2, 0.25) is 0 Å². The first-order valence-corrected chi connectivity index (χ1v) is 11.6. The number of anilines is 1. The molecular weight excluding hydrogens is 450 g/mol. The Morgan fingerprint density at radius 3 is 2.54 bits per heavy atom. The van der Waals surface area contributed by atoms with Crippen LogP contribution >= 0.6 is 0 Å². The van der Waals surface area contributed by atoms with Crippen LogP contribution in [0.1, 0.15) is 67.7 Å². The van der Waals surface area contributed by atoms with E-state index in [1.807, 2.05) is 27.7 Å². The Morgan fingerprint density at radius 1 is 1.14 bits per heavy atom. The zero-order valence-corrected chi connectivity index (χ0v) is 20.9. The van der Waals surface area contributed by atoms with Gasteiger partial charge in [0.05, 0.1) is 31.6 Å². The molecule has 0 saturated heterocycles. The van der Waals surface area contributed by atoms with Crippen LogP contribution in [0.2, 0.25) is 0 Å². The molecular formula is C27H30F2N4O2. The van der Waals surface area contributed by atoms with Crippen molar-refractivity contribution in [3.05, 3.63) is 70.5 Å². The molecule has 4 rings (SSSR count). The summed E-state index contributed by atoms with van der Waals surface area (Å²) in [6.45, 7) is 10.7. The molecule has 1 aliphatic rings. The van der Waals surface area contributed by atoms with E-state index >= 15 is 8.78 Å². The average molecular weight is 481 g/mol. The molecule has 1 amide bonds. The van der Waals surface area contributed by atoms with Crippen molar-refractivity contribution >= 4 is 11.7 Å². The summed E-state index contributed by atoms with van der Waals surface area (Å²) in [5, 5.41) is 3.17. The number of carbonyl (C=O) groups is 1. The third-order valence-corrected chi connectivity index (χ3v) is 6.38. The first kappa shape index (κ1) is 24.6. The third kappa shape index (κ3) is 4.57. The van der Waals surface area contributed by atoms with Gasteiger partial charge in [-0.3, -0.25) is 9.78 Å². The highest BCUT2D eigenvalue weighted by atomic mass is 19.1. The summed E-state index contributed by atoms with van der Waals surface area (Å²) >= 11 is 0. The summed E-state index contributed by atoms with van der Waals surface area (Å²) in [4.78, 5) is 22.9. The third-order valence-electron chi connectivity index (χ3n) is 6.38. The van der Waals surface area contributed by atoms with Crippen molar-refractivity contribution in [2.24, 2.45) is 0 Å². The van der Waals surface area contributed by atoms with Crippen LogP contribution in [0.5, 0.6) is 5.75 Å². The summed E-state index contributed by atoms with van der Waals surface area (Å²) in [6, 6.07) is 5.21. The second kappa shape index (κ2) is 9.24. The SMILES string of the molecule is CCN1Cc2c(ccnc2N[C@@H](C)c2cc(F)c(-c3cc(C(C)(C)C)c(OC)cn3)cc2F)C1=O. The molecule has 1 aromatic carbocycles. The number of benzene rings is 1. The van der Waals surface area contributed by atoms with E-state index in [0.29, 0.717) is 35.9 Å². The number of hydrogen-bond donors (Lipinski definition) is 1. The van der Waals surface area contributed by atoms with Crippen molar-refractivity contribution in [3.8, 4) is 17.0 Å². The van der Waals surface area contributed by atoms with Crippen molar-refractivity contribution in [2.75, 3.05) is 19.0 Å². The highest BCUT2D eigenvalue weighted by molar-refractivity contribution is 5.99. The Hall–Kier alpha value is -3.55. The van der Waals surface area contributed by atoms with E-state index in [1.54, 1.807) is 37.3 Å². The van der Waals surface area contributed by atoms with E-state index in [2.05, 4.69) is 15.3 Å². The van der Waals surface area contributed by atoms with E-state index < -0.39 is 17.7 Å². The normalized spacial score (nSPS) is 14.2. The standard InChI is InChI=1S/C27H30F2N4O2/c1-7-33-14-19-16(26(33)34)8-9-30-25(19)32-15(2)17-10-22(29)18(11-21(17)28)23-12-20(27(3,4)5)24(35-6)13-31-23/h8-13,15H,7,14H2,1-6H3,(H,30,32)/t15-/m0/s1. The quantitative estimate of drug-likeness (QED) is 0.477. The molecule has 35 heavy (non-hydrogen) atoms. The second-order valence-corrected chi connectivity index (χ2v) is 9.74. The fraction of sp³-hybridized carbons (Fsp3) is 0.370. The Labute approximate surface area is 204 Å². The maximum absolute atomic E-state index is 15.3. The summed E-state index contributed by atoms with van der Waals surface area (Å²) in [5.41, 5.74) is 2.50. The van der Waals surface area contributed by atoms with Crippen LogP contribution in [0.4, 0.5) is 14.6 Å². The minimum Gasteiger partial charge on any atom is -0.495 e. The maximum Gasteiger partial charge on any atom is 0.254 e. The van der Waals surface area contributed by atoms with Gasteiger partial charge in [0.25, 0.3) is 5.91 Å².